The number of nitrogens with zero attached hydrogens (tertiary/aromatic N) is 2. The number of barbiturate groups is 1. The van der Waals surface area contributed by atoms with Gasteiger partial charge in [-0.3, -0.25) is 25.0 Å². The van der Waals surface area contributed by atoms with E-state index in [9.17, 15) is 24.5 Å². The zero-order valence-electron chi connectivity index (χ0n) is 19.3. The van der Waals surface area contributed by atoms with Gasteiger partial charge in [-0.05, 0) is 36.8 Å². The molecular formula is C25H26ClN3O6. The summed E-state index contributed by atoms with van der Waals surface area (Å²) < 4.78 is 5.88. The van der Waals surface area contributed by atoms with Crippen molar-refractivity contribution in [3.8, 4) is 5.75 Å². The minimum atomic E-state index is -0.997. The molecule has 0 spiro atoms. The van der Waals surface area contributed by atoms with Crippen LogP contribution in [0.5, 0.6) is 5.75 Å². The molecule has 1 heterocycles. The Bertz CT molecular complexity index is 1160. The summed E-state index contributed by atoms with van der Waals surface area (Å²) in [6.45, 7) is 2.62. The second kappa shape index (κ2) is 12.1. The molecule has 35 heavy (non-hydrogen) atoms. The zero-order valence-corrected chi connectivity index (χ0v) is 20.0. The highest BCUT2D eigenvalue weighted by Crippen LogP contribution is 2.29. The van der Waals surface area contributed by atoms with Gasteiger partial charge in [-0.2, -0.15) is 0 Å². The monoisotopic (exact) mass is 499 g/mol. The molecule has 0 unspecified atom stereocenters. The van der Waals surface area contributed by atoms with Crippen molar-refractivity contribution in [2.45, 2.75) is 45.4 Å². The van der Waals surface area contributed by atoms with Crippen LogP contribution in [0.1, 0.15) is 51.0 Å². The number of hydrogen-bond acceptors (Lipinski definition) is 6. The highest BCUT2D eigenvalue weighted by molar-refractivity contribution is 6.39. The molecule has 3 rings (SSSR count). The average molecular weight is 500 g/mol. The van der Waals surface area contributed by atoms with Crippen LogP contribution < -0.4 is 15.0 Å². The van der Waals surface area contributed by atoms with Gasteiger partial charge in [0.05, 0.1) is 17.2 Å². The van der Waals surface area contributed by atoms with Gasteiger partial charge in [0.1, 0.15) is 11.3 Å². The van der Waals surface area contributed by atoms with Crippen LogP contribution in [0.25, 0.3) is 6.08 Å². The van der Waals surface area contributed by atoms with Crippen molar-refractivity contribution in [3.05, 3.63) is 68.7 Å². The minimum absolute atomic E-state index is 0.0364. The maximum atomic E-state index is 13.1. The number of unbranched alkanes of at least 4 members (excludes halogenated alkanes) is 5. The van der Waals surface area contributed by atoms with Crippen molar-refractivity contribution in [3.63, 3.8) is 0 Å². The third-order valence-corrected chi connectivity index (χ3v) is 5.66. The number of imide groups is 2. The van der Waals surface area contributed by atoms with Crippen LogP contribution in [0.3, 0.4) is 0 Å². The lowest BCUT2D eigenvalue weighted by atomic mass is 10.1. The van der Waals surface area contributed by atoms with Gasteiger partial charge in [0.2, 0.25) is 0 Å². The van der Waals surface area contributed by atoms with Gasteiger partial charge >= 0.3 is 6.03 Å². The van der Waals surface area contributed by atoms with Crippen LogP contribution >= 0.6 is 11.6 Å². The number of non-ortho nitro benzene ring substituents is 1. The maximum absolute atomic E-state index is 13.1. The predicted molar refractivity (Wildman–Crippen MR) is 132 cm³/mol. The quantitative estimate of drug-likeness (QED) is 0.140. The molecule has 2 aromatic rings. The Morgan fingerprint density at radius 1 is 1.06 bits per heavy atom. The van der Waals surface area contributed by atoms with Crippen molar-refractivity contribution in [1.29, 1.82) is 0 Å². The molecule has 10 heteroatoms. The molecule has 1 aliphatic heterocycles. The Balaban J connectivity index is 1.83. The Morgan fingerprint density at radius 2 is 1.80 bits per heavy atom. The molecular weight excluding hydrogens is 474 g/mol. The van der Waals surface area contributed by atoms with Crippen LogP contribution in [0, 0.1) is 10.1 Å². The number of amides is 4. The summed E-state index contributed by atoms with van der Waals surface area (Å²) in [4.78, 5) is 49.2. The van der Waals surface area contributed by atoms with Gasteiger partial charge in [-0.1, -0.05) is 56.7 Å². The van der Waals surface area contributed by atoms with E-state index in [-0.39, 0.29) is 16.9 Å². The van der Waals surface area contributed by atoms with Crippen molar-refractivity contribution in [2.24, 2.45) is 0 Å². The molecule has 9 nitrogen and oxygen atoms in total. The zero-order chi connectivity index (χ0) is 25.4. The number of urea groups is 1. The SMILES string of the molecule is CCCCCCCCOc1ccc(Cl)cc1/C=C1/C(=O)NC(=O)N(c2cccc([N+](=O)[O-])c2)C1=O. The van der Waals surface area contributed by atoms with E-state index in [4.69, 9.17) is 16.3 Å². The number of carbonyl (C=O) groups is 3. The van der Waals surface area contributed by atoms with Gasteiger partial charge in [0, 0.05) is 22.7 Å². The summed E-state index contributed by atoms with van der Waals surface area (Å²) in [5.74, 6) is -1.36. The highest BCUT2D eigenvalue weighted by atomic mass is 35.5. The van der Waals surface area contributed by atoms with E-state index in [0.29, 0.717) is 27.8 Å². The van der Waals surface area contributed by atoms with E-state index in [1.165, 1.54) is 43.5 Å². The van der Waals surface area contributed by atoms with Gasteiger partial charge in [0.25, 0.3) is 17.5 Å². The molecule has 4 amide bonds. The third-order valence-electron chi connectivity index (χ3n) is 5.43. The summed E-state index contributed by atoms with van der Waals surface area (Å²) in [6, 6.07) is 8.88. The van der Waals surface area contributed by atoms with E-state index in [1.54, 1.807) is 18.2 Å². The van der Waals surface area contributed by atoms with Crippen molar-refractivity contribution in [1.82, 2.24) is 5.32 Å². The first-order valence-corrected chi connectivity index (χ1v) is 11.8. The smallest absolute Gasteiger partial charge is 0.335 e. The van der Waals surface area contributed by atoms with E-state index in [2.05, 4.69) is 12.2 Å². The standard InChI is InChI=1S/C25H26ClN3O6/c1-2-3-4-5-6-7-13-35-22-12-11-18(26)14-17(22)15-21-23(30)27-25(32)28(24(21)31)19-9-8-10-20(16-19)29(33)34/h8-12,14-16H,2-7,13H2,1H3,(H,27,30,32)/b21-15-. The van der Waals surface area contributed by atoms with Gasteiger partial charge in [-0.25, -0.2) is 9.69 Å². The molecule has 0 radical (unpaired) electrons. The molecule has 184 valence electrons. The van der Waals surface area contributed by atoms with Crippen molar-refractivity contribution in [2.75, 3.05) is 11.5 Å². The number of nitro groups is 1. The lowest BCUT2D eigenvalue weighted by molar-refractivity contribution is -0.384. The number of ether oxygens (including phenoxy) is 1. The molecule has 2 aromatic carbocycles. The van der Waals surface area contributed by atoms with Crippen LogP contribution in [-0.4, -0.2) is 29.4 Å². The number of carbonyl (C=O) groups excluding carboxylic acids is 3. The molecule has 0 aliphatic carbocycles. The molecule has 1 N–H and O–H groups in total. The lowest BCUT2D eigenvalue weighted by Crippen LogP contribution is -2.54. The van der Waals surface area contributed by atoms with Crippen molar-refractivity contribution >= 4 is 46.9 Å². The van der Waals surface area contributed by atoms with E-state index < -0.39 is 22.8 Å². The number of nitrogens with one attached hydrogen (secondary N) is 1. The molecule has 1 fully saturated rings. The molecule has 1 saturated heterocycles. The molecule has 0 bridgehead atoms. The summed E-state index contributed by atoms with van der Waals surface area (Å²) in [7, 11) is 0. The number of anilines is 1. The predicted octanol–water partition coefficient (Wildman–Crippen LogP) is 5.65. The number of hydrogen-bond donors (Lipinski definition) is 1. The van der Waals surface area contributed by atoms with Gasteiger partial charge in [0.15, 0.2) is 0 Å². The first kappa shape index (κ1) is 25.9. The second-order valence-electron chi connectivity index (χ2n) is 8.03. The first-order chi connectivity index (χ1) is 16.8. The Morgan fingerprint density at radius 3 is 2.54 bits per heavy atom. The number of rotatable bonds is 11. The lowest BCUT2D eigenvalue weighted by Gasteiger charge is -2.26. The maximum Gasteiger partial charge on any atom is 0.335 e. The molecule has 0 saturated carbocycles. The summed E-state index contributed by atoms with van der Waals surface area (Å²) in [6.07, 6.45) is 7.90. The van der Waals surface area contributed by atoms with Gasteiger partial charge in [-0.15, -0.1) is 0 Å². The van der Waals surface area contributed by atoms with Crippen LogP contribution in [-0.2, 0) is 9.59 Å². The van der Waals surface area contributed by atoms with Crippen molar-refractivity contribution < 1.29 is 24.0 Å². The van der Waals surface area contributed by atoms with Crippen LogP contribution in [0.4, 0.5) is 16.2 Å². The Labute approximate surface area is 207 Å². The first-order valence-electron chi connectivity index (χ1n) is 11.4. The fourth-order valence-electron chi connectivity index (χ4n) is 3.62. The number of halogens is 1. The number of nitro benzene ring substituents is 1. The van der Waals surface area contributed by atoms with E-state index in [1.807, 2.05) is 0 Å². The second-order valence-corrected chi connectivity index (χ2v) is 8.47. The molecule has 0 aromatic heterocycles. The number of benzene rings is 2. The van der Waals surface area contributed by atoms with Gasteiger partial charge < -0.3 is 4.74 Å². The van der Waals surface area contributed by atoms with Crippen LogP contribution in [0.2, 0.25) is 5.02 Å². The third kappa shape index (κ3) is 6.66. The summed E-state index contributed by atoms with van der Waals surface area (Å²) >= 11 is 6.14. The highest BCUT2D eigenvalue weighted by Gasteiger charge is 2.37. The minimum Gasteiger partial charge on any atom is -0.493 e. The van der Waals surface area contributed by atoms with E-state index >= 15 is 0 Å². The molecule has 1 aliphatic rings. The largest absolute Gasteiger partial charge is 0.493 e. The summed E-state index contributed by atoms with van der Waals surface area (Å²) in [5, 5.41) is 13.6. The Kier molecular flexibility index (Phi) is 8.97. The molecule has 0 atom stereocenters. The van der Waals surface area contributed by atoms with E-state index in [0.717, 1.165) is 25.3 Å². The van der Waals surface area contributed by atoms with Crippen LogP contribution in [0.15, 0.2) is 48.0 Å². The normalized spacial score (nSPS) is 14.9. The topological polar surface area (TPSA) is 119 Å². The summed E-state index contributed by atoms with van der Waals surface area (Å²) in [5.41, 5.74) is -0.269. The Hall–Kier alpha value is -3.72. The fraction of sp³-hybridized carbons (Fsp3) is 0.320. The fourth-order valence-corrected chi connectivity index (χ4v) is 3.80. The average Bonchev–Trinajstić information content (AvgIpc) is 2.82.